The van der Waals surface area contributed by atoms with Crippen LogP contribution in [0.2, 0.25) is 0 Å². The van der Waals surface area contributed by atoms with Crippen molar-refractivity contribution in [1.82, 2.24) is 0 Å². The molecule has 3 aliphatic rings. The van der Waals surface area contributed by atoms with E-state index in [1.165, 1.54) is 103 Å². The zero-order valence-corrected chi connectivity index (χ0v) is 24.3. The minimum absolute atomic E-state index is 0.836. The van der Waals surface area contributed by atoms with Gasteiger partial charge in [0.2, 0.25) is 0 Å². The van der Waals surface area contributed by atoms with Crippen LogP contribution in [0.4, 0.5) is 0 Å². The van der Waals surface area contributed by atoms with Crippen LogP contribution in [0.25, 0.3) is 0 Å². The first kappa shape index (κ1) is 28.2. The van der Waals surface area contributed by atoms with Gasteiger partial charge < -0.3 is 0 Å². The van der Waals surface area contributed by atoms with Crippen molar-refractivity contribution < 1.29 is 0 Å². The van der Waals surface area contributed by atoms with Crippen molar-refractivity contribution in [2.45, 2.75) is 161 Å². The first-order chi connectivity index (χ1) is 17.7. The van der Waals surface area contributed by atoms with Crippen molar-refractivity contribution >= 4 is 0 Å². The van der Waals surface area contributed by atoms with Gasteiger partial charge in [-0.25, -0.2) is 0 Å². The van der Waals surface area contributed by atoms with Gasteiger partial charge in [0.05, 0.1) is 0 Å². The molecule has 0 nitrogen and oxygen atoms in total. The fourth-order valence-electron chi connectivity index (χ4n) is 8.29. The maximum Gasteiger partial charge on any atom is -0.0162 e. The van der Waals surface area contributed by atoms with Crippen LogP contribution in [0.3, 0.4) is 0 Å². The molecule has 4 rings (SSSR count). The lowest BCUT2D eigenvalue weighted by Gasteiger charge is -2.32. The second kappa shape index (κ2) is 15.6. The van der Waals surface area contributed by atoms with Gasteiger partial charge in [0.25, 0.3) is 0 Å². The minimum Gasteiger partial charge on any atom is -0.0654 e. The van der Waals surface area contributed by atoms with Crippen molar-refractivity contribution in [2.75, 3.05) is 0 Å². The fraction of sp³-hybridized carbons (Fsp3) is 0.833. The largest absolute Gasteiger partial charge is 0.0654 e. The highest BCUT2D eigenvalue weighted by Gasteiger charge is 2.25. The Kier molecular flexibility index (Phi) is 12.2. The smallest absolute Gasteiger partial charge is 0.0162 e. The summed E-state index contributed by atoms with van der Waals surface area (Å²) in [5.74, 6) is 6.04. The Hall–Kier alpha value is -0.780. The van der Waals surface area contributed by atoms with Gasteiger partial charge in [0.15, 0.2) is 0 Å². The molecule has 1 aromatic rings. The maximum absolute atomic E-state index is 2.48. The van der Waals surface area contributed by atoms with Gasteiger partial charge in [-0.05, 0) is 85.2 Å². The number of rotatable bonds is 13. The summed E-state index contributed by atoms with van der Waals surface area (Å²) in [6.45, 7) is 4.68. The van der Waals surface area contributed by atoms with E-state index >= 15 is 0 Å². The summed E-state index contributed by atoms with van der Waals surface area (Å²) in [5.41, 5.74) is 3.21. The molecule has 36 heavy (non-hydrogen) atoms. The molecule has 3 fully saturated rings. The molecule has 0 radical (unpaired) electrons. The first-order valence-corrected chi connectivity index (χ1v) is 16.8. The summed E-state index contributed by atoms with van der Waals surface area (Å²) in [6.07, 6.45) is 32.5. The number of aryl methyl sites for hydroxylation is 1. The monoisotopic (exact) mass is 492 g/mol. The van der Waals surface area contributed by atoms with Gasteiger partial charge in [-0.2, -0.15) is 0 Å². The second-order valence-electron chi connectivity index (χ2n) is 13.6. The summed E-state index contributed by atoms with van der Waals surface area (Å²) in [4.78, 5) is 0. The Morgan fingerprint density at radius 2 is 0.944 bits per heavy atom. The van der Waals surface area contributed by atoms with Crippen LogP contribution in [0, 0.1) is 29.6 Å². The molecule has 3 saturated carbocycles. The molecule has 0 heterocycles. The molecule has 0 N–H and O–H groups in total. The van der Waals surface area contributed by atoms with Gasteiger partial charge in [0, 0.05) is 0 Å². The molecule has 0 aromatic heterocycles. The molecule has 1 aromatic carbocycles. The Morgan fingerprint density at radius 3 is 1.47 bits per heavy atom. The van der Waals surface area contributed by atoms with E-state index in [9.17, 15) is 0 Å². The topological polar surface area (TPSA) is 0 Å². The SMILES string of the molecule is CCCCC[C@H]1CC[C@H](CC[C@H]2CC[C@H](CCc3ccc([C@H]4CC[C@H](CCC)CC4)cc3)CC2)CC1. The van der Waals surface area contributed by atoms with E-state index < -0.39 is 0 Å². The molecule has 3 aliphatic carbocycles. The van der Waals surface area contributed by atoms with Crippen molar-refractivity contribution in [3.05, 3.63) is 35.4 Å². The van der Waals surface area contributed by atoms with Crippen LogP contribution in [0.5, 0.6) is 0 Å². The van der Waals surface area contributed by atoms with E-state index in [0.29, 0.717) is 0 Å². The molecule has 0 spiro atoms. The third kappa shape index (κ3) is 9.20. The van der Waals surface area contributed by atoms with E-state index in [2.05, 4.69) is 38.1 Å². The molecule has 0 aliphatic heterocycles. The lowest BCUT2D eigenvalue weighted by Crippen LogP contribution is -2.18. The van der Waals surface area contributed by atoms with E-state index in [-0.39, 0.29) is 0 Å². The predicted octanol–water partition coefficient (Wildman–Crippen LogP) is 11.7. The maximum atomic E-state index is 2.48. The van der Waals surface area contributed by atoms with Gasteiger partial charge >= 0.3 is 0 Å². The zero-order valence-electron chi connectivity index (χ0n) is 24.3. The van der Waals surface area contributed by atoms with E-state index in [0.717, 1.165) is 35.5 Å². The van der Waals surface area contributed by atoms with E-state index in [4.69, 9.17) is 0 Å². The van der Waals surface area contributed by atoms with Crippen molar-refractivity contribution in [2.24, 2.45) is 29.6 Å². The van der Waals surface area contributed by atoms with E-state index in [1.54, 1.807) is 49.7 Å². The lowest BCUT2D eigenvalue weighted by atomic mass is 9.74. The molecular weight excluding hydrogens is 432 g/mol. The fourth-order valence-corrected chi connectivity index (χ4v) is 8.29. The quantitative estimate of drug-likeness (QED) is 0.240. The summed E-state index contributed by atoms with van der Waals surface area (Å²) >= 11 is 0. The highest BCUT2D eigenvalue weighted by molar-refractivity contribution is 5.26. The Labute approximate surface area is 225 Å². The average molecular weight is 493 g/mol. The molecule has 0 unspecified atom stereocenters. The van der Waals surface area contributed by atoms with Gasteiger partial charge in [-0.3, -0.25) is 0 Å². The highest BCUT2D eigenvalue weighted by Crippen LogP contribution is 2.39. The molecule has 0 amide bonds. The number of hydrogen-bond acceptors (Lipinski definition) is 0. The van der Waals surface area contributed by atoms with Gasteiger partial charge in [-0.15, -0.1) is 0 Å². The highest BCUT2D eigenvalue weighted by atomic mass is 14.3. The average Bonchev–Trinajstić information content (AvgIpc) is 2.93. The second-order valence-corrected chi connectivity index (χ2v) is 13.6. The van der Waals surface area contributed by atoms with Gasteiger partial charge in [0.1, 0.15) is 0 Å². The minimum atomic E-state index is 0.836. The first-order valence-electron chi connectivity index (χ1n) is 16.8. The Morgan fingerprint density at radius 1 is 0.472 bits per heavy atom. The normalized spacial score (nSPS) is 31.4. The van der Waals surface area contributed by atoms with Crippen LogP contribution >= 0.6 is 0 Å². The summed E-state index contributed by atoms with van der Waals surface area (Å²) in [5, 5.41) is 0. The zero-order chi connectivity index (χ0) is 25.0. The van der Waals surface area contributed by atoms with Crippen molar-refractivity contribution in [3.8, 4) is 0 Å². The lowest BCUT2D eigenvalue weighted by molar-refractivity contribution is 0.208. The molecule has 0 atom stereocenters. The third-order valence-electron chi connectivity index (χ3n) is 11.0. The van der Waals surface area contributed by atoms with Crippen LogP contribution < -0.4 is 0 Å². The molecule has 0 saturated heterocycles. The summed E-state index contributed by atoms with van der Waals surface area (Å²) in [7, 11) is 0. The standard InChI is InChI=1S/C36H60/c1-3-5-6-8-30-9-11-31(12-10-30)13-14-32-15-17-33(18-16-32)19-20-34-23-27-36(28-24-34)35-25-21-29(7-4-2)22-26-35/h23-24,27-33,35H,3-22,25-26H2,1-2H3/t29-,30-,31-,32-,33-,35-. The van der Waals surface area contributed by atoms with Crippen molar-refractivity contribution in [3.63, 3.8) is 0 Å². The molecular formula is C36H60. The summed E-state index contributed by atoms with van der Waals surface area (Å²) < 4.78 is 0. The summed E-state index contributed by atoms with van der Waals surface area (Å²) in [6, 6.07) is 9.90. The number of unbranched alkanes of at least 4 members (excludes halogenated alkanes) is 2. The van der Waals surface area contributed by atoms with Crippen LogP contribution in [0.1, 0.15) is 166 Å². The Balaban J connectivity index is 1.06. The van der Waals surface area contributed by atoms with E-state index in [1.807, 2.05) is 0 Å². The molecule has 0 bridgehead atoms. The van der Waals surface area contributed by atoms with Crippen LogP contribution in [-0.2, 0) is 6.42 Å². The third-order valence-corrected chi connectivity index (χ3v) is 11.0. The molecule has 0 heteroatoms. The predicted molar refractivity (Wildman–Crippen MR) is 159 cm³/mol. The molecule has 204 valence electrons. The van der Waals surface area contributed by atoms with Gasteiger partial charge in [-0.1, -0.05) is 141 Å². The number of hydrogen-bond donors (Lipinski definition) is 0. The Bertz CT molecular complexity index is 677. The van der Waals surface area contributed by atoms with Crippen LogP contribution in [0.15, 0.2) is 24.3 Å². The van der Waals surface area contributed by atoms with Crippen molar-refractivity contribution in [1.29, 1.82) is 0 Å². The van der Waals surface area contributed by atoms with Crippen LogP contribution in [-0.4, -0.2) is 0 Å². The number of benzene rings is 1.